The molecule has 2 fully saturated rings. The predicted octanol–water partition coefficient (Wildman–Crippen LogP) is 6.56. The molecular formula is C26H20BrFO2. The maximum absolute atomic E-state index is 13.1. The number of halogens is 2. The van der Waals surface area contributed by atoms with E-state index in [0.717, 1.165) is 28.4 Å². The van der Waals surface area contributed by atoms with Gasteiger partial charge < -0.3 is 0 Å². The fourth-order valence-electron chi connectivity index (χ4n) is 4.35. The number of ketones is 2. The molecule has 0 N–H and O–H groups in total. The van der Waals surface area contributed by atoms with Gasteiger partial charge in [-0.15, -0.1) is 0 Å². The summed E-state index contributed by atoms with van der Waals surface area (Å²) in [4.78, 5) is 25.3. The highest BCUT2D eigenvalue weighted by Crippen LogP contribution is 2.52. The summed E-state index contributed by atoms with van der Waals surface area (Å²) in [6, 6.07) is 21.7. The van der Waals surface area contributed by atoms with Gasteiger partial charge in [-0.1, -0.05) is 52.3 Å². The molecule has 3 aromatic carbocycles. The van der Waals surface area contributed by atoms with Gasteiger partial charge in [0.15, 0.2) is 11.6 Å². The minimum absolute atomic E-state index is 0.0195. The first kappa shape index (κ1) is 19.4. The van der Waals surface area contributed by atoms with E-state index >= 15 is 0 Å². The Morgan fingerprint density at radius 2 is 1.07 bits per heavy atom. The van der Waals surface area contributed by atoms with Crippen LogP contribution >= 0.6 is 15.9 Å². The second-order valence-corrected chi connectivity index (χ2v) is 9.22. The molecule has 2 saturated carbocycles. The summed E-state index contributed by atoms with van der Waals surface area (Å²) in [5.41, 5.74) is 3.70. The number of carbonyl (C=O) groups excluding carboxylic acids is 2. The van der Waals surface area contributed by atoms with Crippen molar-refractivity contribution in [2.45, 2.75) is 24.7 Å². The van der Waals surface area contributed by atoms with Crippen molar-refractivity contribution in [2.24, 2.45) is 11.8 Å². The molecule has 0 aromatic heterocycles. The summed E-state index contributed by atoms with van der Waals surface area (Å²) in [7, 11) is 0. The number of benzene rings is 3. The molecule has 0 radical (unpaired) electrons. The lowest BCUT2D eigenvalue weighted by molar-refractivity contribution is 0.0957. The first-order valence-electron chi connectivity index (χ1n) is 10.2. The van der Waals surface area contributed by atoms with E-state index in [-0.39, 0.29) is 41.1 Å². The van der Waals surface area contributed by atoms with E-state index in [2.05, 4.69) is 40.2 Å². The standard InChI is InChI=1S/C26H20BrFO2/c27-19-9-5-17(6-10-19)25(29)23-13-21(23)15-1-3-16(4-2-15)22-14-24(22)26(30)18-7-11-20(28)12-8-18/h1-12,21-24H,13-14H2/t21-,22-,23+,24-/m1/s1. The molecule has 0 heterocycles. The third kappa shape index (κ3) is 3.77. The zero-order valence-corrected chi connectivity index (χ0v) is 17.8. The summed E-state index contributed by atoms with van der Waals surface area (Å²) in [5, 5.41) is 0. The van der Waals surface area contributed by atoms with E-state index < -0.39 is 0 Å². The van der Waals surface area contributed by atoms with E-state index in [1.807, 2.05) is 24.3 Å². The average Bonchev–Trinajstić information content (AvgIpc) is 3.68. The van der Waals surface area contributed by atoms with Gasteiger partial charge in [-0.05, 0) is 72.2 Å². The molecule has 30 heavy (non-hydrogen) atoms. The lowest BCUT2D eigenvalue weighted by atomic mass is 9.99. The Morgan fingerprint density at radius 1 is 0.667 bits per heavy atom. The third-order valence-corrected chi connectivity index (χ3v) is 6.83. The number of Topliss-reactive ketones (excluding diaryl/α,β-unsaturated/α-hetero) is 2. The molecule has 0 amide bonds. The van der Waals surface area contributed by atoms with Gasteiger partial charge in [0.25, 0.3) is 0 Å². The van der Waals surface area contributed by atoms with E-state index in [1.165, 1.54) is 17.7 Å². The Balaban J connectivity index is 1.22. The molecule has 0 spiro atoms. The van der Waals surface area contributed by atoms with E-state index in [9.17, 15) is 14.0 Å². The van der Waals surface area contributed by atoms with Crippen LogP contribution in [0.2, 0.25) is 0 Å². The molecule has 150 valence electrons. The summed E-state index contributed by atoms with van der Waals surface area (Å²) < 4.78 is 14.0. The van der Waals surface area contributed by atoms with E-state index in [1.54, 1.807) is 12.1 Å². The molecule has 3 aromatic rings. The highest BCUT2D eigenvalue weighted by atomic mass is 79.9. The van der Waals surface area contributed by atoms with Crippen molar-refractivity contribution in [1.82, 2.24) is 0 Å². The van der Waals surface area contributed by atoms with E-state index in [0.29, 0.717) is 5.56 Å². The van der Waals surface area contributed by atoms with Gasteiger partial charge in [0.2, 0.25) is 0 Å². The smallest absolute Gasteiger partial charge is 0.166 e. The van der Waals surface area contributed by atoms with E-state index in [4.69, 9.17) is 0 Å². The SMILES string of the molecule is O=C(c1ccc(Br)cc1)[C@H]1C[C@@H]1c1ccc([C@H]2C[C@H]2C(=O)c2ccc(F)cc2)cc1. The number of carbonyl (C=O) groups is 2. The minimum Gasteiger partial charge on any atom is -0.294 e. The van der Waals surface area contributed by atoms with Crippen LogP contribution < -0.4 is 0 Å². The highest BCUT2D eigenvalue weighted by molar-refractivity contribution is 9.10. The largest absolute Gasteiger partial charge is 0.294 e. The van der Waals surface area contributed by atoms with Gasteiger partial charge in [-0.25, -0.2) is 4.39 Å². The Hall–Kier alpha value is -2.59. The Bertz CT molecular complexity index is 1010. The van der Waals surface area contributed by atoms with Gasteiger partial charge in [-0.3, -0.25) is 9.59 Å². The summed E-state index contributed by atoms with van der Waals surface area (Å²) >= 11 is 3.40. The third-order valence-electron chi connectivity index (χ3n) is 6.30. The van der Waals surface area contributed by atoms with Crippen LogP contribution in [0.4, 0.5) is 4.39 Å². The van der Waals surface area contributed by atoms with Gasteiger partial charge in [0, 0.05) is 27.4 Å². The maximum Gasteiger partial charge on any atom is 0.166 e. The average molecular weight is 463 g/mol. The van der Waals surface area contributed by atoms with Crippen LogP contribution in [0, 0.1) is 17.7 Å². The molecule has 2 aliphatic carbocycles. The summed E-state index contributed by atoms with van der Waals surface area (Å²) in [6.07, 6.45) is 1.73. The van der Waals surface area contributed by atoms with Crippen LogP contribution in [-0.2, 0) is 0 Å². The van der Waals surface area contributed by atoms with Crippen LogP contribution in [0.25, 0.3) is 0 Å². The number of hydrogen-bond acceptors (Lipinski definition) is 2. The molecule has 0 unspecified atom stereocenters. The topological polar surface area (TPSA) is 34.1 Å². The first-order chi connectivity index (χ1) is 14.5. The fourth-order valence-corrected chi connectivity index (χ4v) is 4.62. The van der Waals surface area contributed by atoms with Crippen molar-refractivity contribution in [3.8, 4) is 0 Å². The van der Waals surface area contributed by atoms with Crippen molar-refractivity contribution in [1.29, 1.82) is 0 Å². The summed E-state index contributed by atoms with van der Waals surface area (Å²) in [6.45, 7) is 0. The lowest BCUT2D eigenvalue weighted by Crippen LogP contribution is -2.03. The van der Waals surface area contributed by atoms with Gasteiger partial charge in [0.05, 0.1) is 0 Å². The first-order valence-corrected chi connectivity index (χ1v) is 11.0. The predicted molar refractivity (Wildman–Crippen MR) is 117 cm³/mol. The van der Waals surface area contributed by atoms with Gasteiger partial charge in [-0.2, -0.15) is 0 Å². The van der Waals surface area contributed by atoms with Crippen LogP contribution in [-0.4, -0.2) is 11.6 Å². The fraction of sp³-hybridized carbons (Fsp3) is 0.231. The van der Waals surface area contributed by atoms with Crippen LogP contribution in [0.5, 0.6) is 0 Å². The van der Waals surface area contributed by atoms with Crippen molar-refractivity contribution < 1.29 is 14.0 Å². The lowest BCUT2D eigenvalue weighted by Gasteiger charge is -2.05. The molecule has 2 aliphatic rings. The monoisotopic (exact) mass is 462 g/mol. The zero-order valence-electron chi connectivity index (χ0n) is 16.2. The quantitative estimate of drug-likeness (QED) is 0.388. The minimum atomic E-state index is -0.327. The number of rotatable bonds is 6. The Kier molecular flexibility index (Phi) is 4.90. The van der Waals surface area contributed by atoms with Crippen LogP contribution in [0.15, 0.2) is 77.3 Å². The maximum atomic E-state index is 13.1. The highest BCUT2D eigenvalue weighted by Gasteiger charge is 2.46. The molecule has 2 nitrogen and oxygen atoms in total. The van der Waals surface area contributed by atoms with Crippen molar-refractivity contribution in [3.05, 3.63) is 105 Å². The van der Waals surface area contributed by atoms with Crippen LogP contribution in [0.3, 0.4) is 0 Å². The van der Waals surface area contributed by atoms with Crippen molar-refractivity contribution in [3.63, 3.8) is 0 Å². The Morgan fingerprint density at radius 3 is 1.50 bits per heavy atom. The molecule has 0 aliphatic heterocycles. The zero-order chi connectivity index (χ0) is 20.8. The van der Waals surface area contributed by atoms with Crippen molar-refractivity contribution in [2.75, 3.05) is 0 Å². The molecule has 5 rings (SSSR count). The Labute approximate surface area is 183 Å². The van der Waals surface area contributed by atoms with Crippen molar-refractivity contribution >= 4 is 27.5 Å². The molecular weight excluding hydrogens is 443 g/mol. The second kappa shape index (κ2) is 7.59. The molecule has 0 bridgehead atoms. The second-order valence-electron chi connectivity index (χ2n) is 8.31. The number of hydrogen-bond donors (Lipinski definition) is 0. The molecule has 4 atom stereocenters. The molecule has 0 saturated heterocycles. The van der Waals surface area contributed by atoms with Gasteiger partial charge in [0.1, 0.15) is 5.82 Å². The van der Waals surface area contributed by atoms with Crippen LogP contribution in [0.1, 0.15) is 56.5 Å². The summed E-state index contributed by atoms with van der Waals surface area (Å²) in [5.74, 6) is 0.531. The van der Waals surface area contributed by atoms with Gasteiger partial charge >= 0.3 is 0 Å². The molecule has 4 heteroatoms. The normalized spacial score (nSPS) is 24.3.